The van der Waals surface area contributed by atoms with Crippen LogP contribution in [0.3, 0.4) is 0 Å². The SMILES string of the molecule is CC1(CNC(=O)C2(CN)CCCCC2)CCCS1. The van der Waals surface area contributed by atoms with Crippen molar-refractivity contribution in [1.82, 2.24) is 5.32 Å². The minimum absolute atomic E-state index is 0.207. The van der Waals surface area contributed by atoms with Gasteiger partial charge in [0.2, 0.25) is 5.91 Å². The molecule has 1 saturated carbocycles. The Labute approximate surface area is 115 Å². The zero-order valence-corrected chi connectivity index (χ0v) is 12.3. The van der Waals surface area contributed by atoms with Crippen LogP contribution in [0.15, 0.2) is 0 Å². The van der Waals surface area contributed by atoms with Crippen LogP contribution in [-0.2, 0) is 4.79 Å². The highest BCUT2D eigenvalue weighted by Gasteiger charge is 2.39. The summed E-state index contributed by atoms with van der Waals surface area (Å²) in [6, 6.07) is 0. The molecule has 3 N–H and O–H groups in total. The Bertz CT molecular complexity index is 294. The molecule has 0 bridgehead atoms. The van der Waals surface area contributed by atoms with Crippen LogP contribution in [0.2, 0.25) is 0 Å². The van der Waals surface area contributed by atoms with Gasteiger partial charge in [0.15, 0.2) is 0 Å². The molecule has 104 valence electrons. The van der Waals surface area contributed by atoms with Crippen molar-refractivity contribution in [1.29, 1.82) is 0 Å². The van der Waals surface area contributed by atoms with Crippen LogP contribution in [0.25, 0.3) is 0 Å². The number of rotatable bonds is 4. The van der Waals surface area contributed by atoms with E-state index in [1.807, 2.05) is 11.8 Å². The van der Waals surface area contributed by atoms with Gasteiger partial charge in [-0.2, -0.15) is 11.8 Å². The lowest BCUT2D eigenvalue weighted by atomic mass is 9.73. The summed E-state index contributed by atoms with van der Waals surface area (Å²) in [5, 5.41) is 3.19. The quantitative estimate of drug-likeness (QED) is 0.824. The zero-order chi connectivity index (χ0) is 13.1. The lowest BCUT2D eigenvalue weighted by Gasteiger charge is -2.35. The van der Waals surface area contributed by atoms with Gasteiger partial charge < -0.3 is 11.1 Å². The van der Waals surface area contributed by atoms with Gasteiger partial charge in [-0.3, -0.25) is 4.79 Å². The number of carbonyl (C=O) groups is 1. The number of carbonyl (C=O) groups excluding carboxylic acids is 1. The molecule has 3 nitrogen and oxygen atoms in total. The van der Waals surface area contributed by atoms with Gasteiger partial charge in [0.05, 0.1) is 5.41 Å². The van der Waals surface area contributed by atoms with Crippen molar-refractivity contribution in [3.63, 3.8) is 0 Å². The molecule has 2 rings (SSSR count). The van der Waals surface area contributed by atoms with Crippen LogP contribution >= 0.6 is 11.8 Å². The van der Waals surface area contributed by atoms with Crippen LogP contribution in [0.1, 0.15) is 51.9 Å². The summed E-state index contributed by atoms with van der Waals surface area (Å²) < 4.78 is 0.250. The molecule has 1 aliphatic heterocycles. The van der Waals surface area contributed by atoms with E-state index in [4.69, 9.17) is 5.73 Å². The van der Waals surface area contributed by atoms with Gasteiger partial charge in [0.1, 0.15) is 0 Å². The third-order valence-corrected chi connectivity index (χ3v) is 6.14. The molecule has 0 aromatic heterocycles. The first-order valence-electron chi connectivity index (χ1n) is 7.23. The first-order valence-corrected chi connectivity index (χ1v) is 8.21. The number of nitrogens with two attached hydrogens (primary N) is 1. The normalized spacial score (nSPS) is 31.2. The van der Waals surface area contributed by atoms with E-state index >= 15 is 0 Å². The second-order valence-corrected chi connectivity index (χ2v) is 7.81. The third-order valence-electron chi connectivity index (χ3n) is 4.61. The molecule has 1 aliphatic carbocycles. The Balaban J connectivity index is 1.89. The summed E-state index contributed by atoms with van der Waals surface area (Å²) in [6.45, 7) is 3.57. The first kappa shape index (κ1) is 14.2. The number of amides is 1. The summed E-state index contributed by atoms with van der Waals surface area (Å²) in [6.07, 6.45) is 7.99. The van der Waals surface area contributed by atoms with Crippen molar-refractivity contribution < 1.29 is 4.79 Å². The van der Waals surface area contributed by atoms with E-state index in [2.05, 4.69) is 12.2 Å². The monoisotopic (exact) mass is 270 g/mol. The number of hydrogen-bond donors (Lipinski definition) is 2. The van der Waals surface area contributed by atoms with Crippen molar-refractivity contribution in [2.75, 3.05) is 18.8 Å². The molecule has 1 amide bonds. The summed E-state index contributed by atoms with van der Waals surface area (Å²) in [5.41, 5.74) is 5.62. The Hall–Kier alpha value is -0.220. The topological polar surface area (TPSA) is 55.1 Å². The van der Waals surface area contributed by atoms with E-state index in [9.17, 15) is 4.79 Å². The minimum atomic E-state index is -0.266. The molecule has 0 spiro atoms. The highest BCUT2D eigenvalue weighted by atomic mass is 32.2. The molecule has 1 heterocycles. The van der Waals surface area contributed by atoms with Gasteiger partial charge in [-0.15, -0.1) is 0 Å². The number of nitrogens with one attached hydrogen (secondary N) is 1. The fourth-order valence-electron chi connectivity index (χ4n) is 3.18. The lowest BCUT2D eigenvalue weighted by molar-refractivity contribution is -0.132. The Morgan fingerprint density at radius 3 is 2.50 bits per heavy atom. The van der Waals surface area contributed by atoms with E-state index < -0.39 is 0 Å². The standard InChI is InChI=1S/C14H26N2OS/c1-13(6-5-9-18-13)11-16-12(17)14(10-15)7-3-2-4-8-14/h2-11,15H2,1H3,(H,16,17). The molecule has 0 aromatic rings. The zero-order valence-electron chi connectivity index (χ0n) is 11.5. The van der Waals surface area contributed by atoms with Gasteiger partial charge in [0, 0.05) is 17.8 Å². The Kier molecular flexibility index (Phi) is 4.59. The van der Waals surface area contributed by atoms with Crippen LogP contribution in [-0.4, -0.2) is 29.5 Å². The van der Waals surface area contributed by atoms with Gasteiger partial charge in [-0.25, -0.2) is 0 Å². The maximum absolute atomic E-state index is 12.4. The maximum Gasteiger partial charge on any atom is 0.227 e. The van der Waals surface area contributed by atoms with Gasteiger partial charge >= 0.3 is 0 Å². The molecular weight excluding hydrogens is 244 g/mol. The third kappa shape index (κ3) is 3.02. The molecule has 0 radical (unpaired) electrons. The largest absolute Gasteiger partial charge is 0.354 e. The van der Waals surface area contributed by atoms with Crippen molar-refractivity contribution in [2.45, 2.75) is 56.6 Å². The summed E-state index contributed by atoms with van der Waals surface area (Å²) >= 11 is 1.99. The average molecular weight is 270 g/mol. The Morgan fingerprint density at radius 1 is 1.22 bits per heavy atom. The van der Waals surface area contributed by atoms with Crippen LogP contribution in [0, 0.1) is 5.41 Å². The van der Waals surface area contributed by atoms with E-state index in [1.165, 1.54) is 25.0 Å². The average Bonchev–Trinajstić information content (AvgIpc) is 2.84. The van der Waals surface area contributed by atoms with Crippen LogP contribution < -0.4 is 11.1 Å². The van der Waals surface area contributed by atoms with E-state index in [0.29, 0.717) is 6.54 Å². The van der Waals surface area contributed by atoms with Gasteiger partial charge in [-0.05, 0) is 38.4 Å². The second kappa shape index (κ2) is 5.83. The van der Waals surface area contributed by atoms with Crippen LogP contribution in [0.4, 0.5) is 0 Å². The lowest BCUT2D eigenvalue weighted by Crippen LogP contribution is -2.49. The Morgan fingerprint density at radius 2 is 1.94 bits per heavy atom. The van der Waals surface area contributed by atoms with Crippen molar-refractivity contribution >= 4 is 17.7 Å². The number of hydrogen-bond acceptors (Lipinski definition) is 3. The summed E-state index contributed by atoms with van der Waals surface area (Å²) in [4.78, 5) is 12.4. The molecule has 4 heteroatoms. The number of thioether (sulfide) groups is 1. The fraction of sp³-hybridized carbons (Fsp3) is 0.929. The molecule has 0 aromatic carbocycles. The molecule has 2 aliphatic rings. The van der Waals surface area contributed by atoms with Crippen molar-refractivity contribution in [3.8, 4) is 0 Å². The van der Waals surface area contributed by atoms with Gasteiger partial charge in [0.25, 0.3) is 0 Å². The highest BCUT2D eigenvalue weighted by molar-refractivity contribution is 8.00. The highest BCUT2D eigenvalue weighted by Crippen LogP contribution is 2.38. The molecule has 1 unspecified atom stereocenters. The van der Waals surface area contributed by atoms with Crippen LogP contribution in [0.5, 0.6) is 0 Å². The van der Waals surface area contributed by atoms with Crippen molar-refractivity contribution in [2.24, 2.45) is 11.1 Å². The predicted molar refractivity (Wildman–Crippen MR) is 77.7 cm³/mol. The van der Waals surface area contributed by atoms with Gasteiger partial charge in [-0.1, -0.05) is 19.3 Å². The molecule has 18 heavy (non-hydrogen) atoms. The maximum atomic E-state index is 12.4. The predicted octanol–water partition coefficient (Wildman–Crippen LogP) is 2.30. The smallest absolute Gasteiger partial charge is 0.227 e. The van der Waals surface area contributed by atoms with E-state index in [-0.39, 0.29) is 16.1 Å². The summed E-state index contributed by atoms with van der Waals surface area (Å²) in [5.74, 6) is 1.44. The van der Waals surface area contributed by atoms with E-state index in [0.717, 1.165) is 32.2 Å². The molecule has 1 atom stereocenters. The summed E-state index contributed by atoms with van der Waals surface area (Å²) in [7, 11) is 0. The molecular formula is C14H26N2OS. The molecule has 2 fully saturated rings. The molecule has 1 saturated heterocycles. The first-order chi connectivity index (χ1) is 8.60. The second-order valence-electron chi connectivity index (χ2n) is 6.13. The van der Waals surface area contributed by atoms with Crippen molar-refractivity contribution in [3.05, 3.63) is 0 Å². The van der Waals surface area contributed by atoms with E-state index in [1.54, 1.807) is 0 Å². The minimum Gasteiger partial charge on any atom is -0.354 e. The fourth-order valence-corrected chi connectivity index (χ4v) is 4.43.